The van der Waals surface area contributed by atoms with E-state index in [0.29, 0.717) is 15.7 Å². The third-order valence-corrected chi connectivity index (χ3v) is 3.62. The van der Waals surface area contributed by atoms with Crippen molar-refractivity contribution in [2.24, 2.45) is 0 Å². The molecular weight excluding hydrogens is 259 g/mol. The highest BCUT2D eigenvalue weighted by molar-refractivity contribution is 6.35. The third kappa shape index (κ3) is 2.72. The second-order valence-electron chi connectivity index (χ2n) is 4.33. The smallest absolute Gasteiger partial charge is 0.255 e. The Hall–Kier alpha value is -0.800. The minimum absolute atomic E-state index is 0.0495. The van der Waals surface area contributed by atoms with Gasteiger partial charge in [0.05, 0.1) is 10.6 Å². The Morgan fingerprint density at radius 2 is 2.24 bits per heavy atom. The van der Waals surface area contributed by atoms with Crippen molar-refractivity contribution in [3.8, 4) is 0 Å². The lowest BCUT2D eigenvalue weighted by atomic mass is 10.0. The minimum Gasteiger partial charge on any atom is -0.336 e. The number of halogens is 2. The molecular formula is C12H14Cl2N2O. The average molecular weight is 273 g/mol. The van der Waals surface area contributed by atoms with Crippen molar-refractivity contribution in [1.29, 1.82) is 0 Å². The van der Waals surface area contributed by atoms with Crippen LogP contribution in [-0.4, -0.2) is 28.4 Å². The largest absolute Gasteiger partial charge is 0.336 e. The molecule has 1 amide bonds. The van der Waals surface area contributed by atoms with E-state index < -0.39 is 0 Å². The van der Waals surface area contributed by atoms with Crippen LogP contribution < -0.4 is 0 Å². The highest BCUT2D eigenvalue weighted by Gasteiger charge is 2.25. The van der Waals surface area contributed by atoms with Crippen LogP contribution in [0.25, 0.3) is 0 Å². The maximum atomic E-state index is 12.3. The van der Waals surface area contributed by atoms with Gasteiger partial charge in [0.1, 0.15) is 5.15 Å². The van der Waals surface area contributed by atoms with E-state index in [9.17, 15) is 4.79 Å². The molecule has 1 aliphatic rings. The van der Waals surface area contributed by atoms with Crippen LogP contribution in [0.1, 0.15) is 36.5 Å². The fourth-order valence-electron chi connectivity index (χ4n) is 2.13. The summed E-state index contributed by atoms with van der Waals surface area (Å²) < 4.78 is 0. The molecule has 3 nitrogen and oxygen atoms in total. The van der Waals surface area contributed by atoms with Crippen LogP contribution in [0.5, 0.6) is 0 Å². The van der Waals surface area contributed by atoms with E-state index in [4.69, 9.17) is 23.2 Å². The number of amides is 1. The zero-order valence-electron chi connectivity index (χ0n) is 9.62. The second kappa shape index (κ2) is 5.23. The molecule has 0 aliphatic carbocycles. The number of likely N-dealkylation sites (tertiary alicyclic amines) is 1. The van der Waals surface area contributed by atoms with Crippen LogP contribution in [0.4, 0.5) is 0 Å². The lowest BCUT2D eigenvalue weighted by Gasteiger charge is -2.33. The van der Waals surface area contributed by atoms with Crippen molar-refractivity contribution in [2.45, 2.75) is 32.2 Å². The number of rotatable bonds is 1. The molecule has 2 rings (SSSR count). The topological polar surface area (TPSA) is 33.2 Å². The van der Waals surface area contributed by atoms with Gasteiger partial charge in [-0.15, -0.1) is 0 Å². The highest BCUT2D eigenvalue weighted by atomic mass is 35.5. The summed E-state index contributed by atoms with van der Waals surface area (Å²) in [7, 11) is 0. The van der Waals surface area contributed by atoms with Crippen LogP contribution in [0.3, 0.4) is 0 Å². The van der Waals surface area contributed by atoms with Gasteiger partial charge < -0.3 is 4.90 Å². The molecule has 1 unspecified atom stereocenters. The summed E-state index contributed by atoms with van der Waals surface area (Å²) in [6.45, 7) is 2.85. The maximum Gasteiger partial charge on any atom is 0.255 e. The molecule has 0 saturated carbocycles. The van der Waals surface area contributed by atoms with Crippen LogP contribution in [0.2, 0.25) is 10.2 Å². The van der Waals surface area contributed by atoms with Crippen LogP contribution in [-0.2, 0) is 0 Å². The molecule has 1 saturated heterocycles. The van der Waals surface area contributed by atoms with Gasteiger partial charge in [-0.2, -0.15) is 0 Å². The quantitative estimate of drug-likeness (QED) is 0.735. The van der Waals surface area contributed by atoms with Crippen molar-refractivity contribution in [2.75, 3.05) is 6.54 Å². The van der Waals surface area contributed by atoms with Crippen molar-refractivity contribution in [3.05, 3.63) is 28.0 Å². The zero-order valence-corrected chi connectivity index (χ0v) is 11.1. The van der Waals surface area contributed by atoms with Crippen LogP contribution >= 0.6 is 23.2 Å². The number of carbonyl (C=O) groups is 1. The molecule has 0 spiro atoms. The molecule has 0 N–H and O–H groups in total. The summed E-state index contributed by atoms with van der Waals surface area (Å²) in [6.07, 6.45) is 4.69. The molecule has 1 aliphatic heterocycles. The van der Waals surface area contributed by atoms with E-state index in [0.717, 1.165) is 19.4 Å². The van der Waals surface area contributed by atoms with Crippen LogP contribution in [0, 0.1) is 0 Å². The first-order valence-corrected chi connectivity index (χ1v) is 6.47. The van der Waals surface area contributed by atoms with Crippen molar-refractivity contribution < 1.29 is 4.79 Å². The second-order valence-corrected chi connectivity index (χ2v) is 5.12. The van der Waals surface area contributed by atoms with Gasteiger partial charge in [-0.05, 0) is 32.3 Å². The number of nitrogens with zero attached hydrogens (tertiary/aromatic N) is 2. The summed E-state index contributed by atoms with van der Waals surface area (Å²) in [5.41, 5.74) is 0.445. The number of hydrogen-bond donors (Lipinski definition) is 0. The average Bonchev–Trinajstić information content (AvgIpc) is 2.32. The molecule has 1 aromatic heterocycles. The first kappa shape index (κ1) is 12.7. The Morgan fingerprint density at radius 3 is 2.94 bits per heavy atom. The van der Waals surface area contributed by atoms with Gasteiger partial charge in [0.15, 0.2) is 0 Å². The summed E-state index contributed by atoms with van der Waals surface area (Å²) in [4.78, 5) is 18.0. The third-order valence-electron chi connectivity index (χ3n) is 3.12. The van der Waals surface area contributed by atoms with Gasteiger partial charge in [0, 0.05) is 18.8 Å². The number of pyridine rings is 1. The van der Waals surface area contributed by atoms with Gasteiger partial charge in [-0.1, -0.05) is 23.2 Å². The lowest BCUT2D eigenvalue weighted by molar-refractivity contribution is 0.0635. The molecule has 1 aromatic rings. The van der Waals surface area contributed by atoms with E-state index in [-0.39, 0.29) is 11.9 Å². The Morgan fingerprint density at radius 1 is 1.47 bits per heavy atom. The van der Waals surface area contributed by atoms with Crippen molar-refractivity contribution >= 4 is 29.1 Å². The Bertz CT molecular complexity index is 437. The number of carbonyl (C=O) groups excluding carboxylic acids is 1. The number of piperidine rings is 1. The van der Waals surface area contributed by atoms with Gasteiger partial charge in [0.25, 0.3) is 5.91 Å². The Balaban J connectivity index is 2.26. The fraction of sp³-hybridized carbons (Fsp3) is 0.500. The van der Waals surface area contributed by atoms with E-state index in [2.05, 4.69) is 11.9 Å². The maximum absolute atomic E-state index is 12.3. The van der Waals surface area contributed by atoms with E-state index >= 15 is 0 Å². The Labute approximate surface area is 111 Å². The van der Waals surface area contributed by atoms with Crippen LogP contribution in [0.15, 0.2) is 12.3 Å². The summed E-state index contributed by atoms with van der Waals surface area (Å²) in [5, 5.41) is 0.652. The SMILES string of the molecule is CC1CCCCN1C(=O)c1cc(Cl)ncc1Cl. The van der Waals surface area contributed by atoms with E-state index in [1.54, 1.807) is 0 Å². The minimum atomic E-state index is -0.0495. The first-order chi connectivity index (χ1) is 8.09. The molecule has 0 radical (unpaired) electrons. The molecule has 92 valence electrons. The van der Waals surface area contributed by atoms with Gasteiger partial charge in [-0.3, -0.25) is 4.79 Å². The predicted molar refractivity (Wildman–Crippen MR) is 68.6 cm³/mol. The summed E-state index contributed by atoms with van der Waals surface area (Å²) in [5.74, 6) is -0.0495. The summed E-state index contributed by atoms with van der Waals surface area (Å²) >= 11 is 11.8. The molecule has 2 heterocycles. The fourth-order valence-corrected chi connectivity index (χ4v) is 2.47. The monoisotopic (exact) mass is 272 g/mol. The van der Waals surface area contributed by atoms with Gasteiger partial charge in [0.2, 0.25) is 0 Å². The molecule has 0 aromatic carbocycles. The molecule has 5 heteroatoms. The van der Waals surface area contributed by atoms with E-state index in [1.165, 1.54) is 18.7 Å². The van der Waals surface area contributed by atoms with E-state index in [1.807, 2.05) is 4.90 Å². The molecule has 1 atom stereocenters. The molecule has 0 bridgehead atoms. The van der Waals surface area contributed by atoms with Crippen molar-refractivity contribution in [3.63, 3.8) is 0 Å². The first-order valence-electron chi connectivity index (χ1n) is 5.71. The normalized spacial score (nSPS) is 20.4. The number of hydrogen-bond acceptors (Lipinski definition) is 2. The van der Waals surface area contributed by atoms with Gasteiger partial charge in [-0.25, -0.2) is 4.98 Å². The van der Waals surface area contributed by atoms with Gasteiger partial charge >= 0.3 is 0 Å². The number of aromatic nitrogens is 1. The van der Waals surface area contributed by atoms with Crippen molar-refractivity contribution in [1.82, 2.24) is 9.88 Å². The predicted octanol–water partition coefficient (Wildman–Crippen LogP) is 3.40. The zero-order chi connectivity index (χ0) is 12.4. The lowest BCUT2D eigenvalue weighted by Crippen LogP contribution is -2.42. The molecule has 17 heavy (non-hydrogen) atoms. The highest BCUT2D eigenvalue weighted by Crippen LogP contribution is 2.24. The summed E-state index contributed by atoms with van der Waals surface area (Å²) in [6, 6.07) is 1.80. The standard InChI is InChI=1S/C12H14Cl2N2O/c1-8-4-2-3-5-16(8)12(17)9-6-11(14)15-7-10(9)13/h6-8H,2-5H2,1H3. The Kier molecular flexibility index (Phi) is 3.89. The molecule has 1 fully saturated rings.